The normalized spacial score (nSPS) is 12.7. The number of sulfone groups is 1. The van der Waals surface area contributed by atoms with Gasteiger partial charge in [0.05, 0.1) is 16.3 Å². The number of aromatic nitrogens is 3. The molecule has 198 valence electrons. The number of fused-ring (bicyclic) bond motifs is 3. The molecule has 0 spiro atoms. The third-order valence-corrected chi connectivity index (χ3v) is 6.62. The summed E-state index contributed by atoms with van der Waals surface area (Å²) in [6.45, 7) is 0.889. The van der Waals surface area contributed by atoms with Crippen LogP contribution in [0, 0.1) is 0 Å². The number of benzene rings is 1. The number of aliphatic carboxylic acids is 1. The van der Waals surface area contributed by atoms with E-state index in [0.717, 1.165) is 11.1 Å². The van der Waals surface area contributed by atoms with Gasteiger partial charge < -0.3 is 15.9 Å². The molecule has 1 aliphatic carbocycles. The van der Waals surface area contributed by atoms with Gasteiger partial charge in [0.15, 0.2) is 9.84 Å². The van der Waals surface area contributed by atoms with E-state index in [1.807, 2.05) is 6.07 Å². The Hall–Kier alpha value is -3.78. The van der Waals surface area contributed by atoms with Crippen LogP contribution in [0.4, 0.5) is 13.2 Å². The van der Waals surface area contributed by atoms with E-state index >= 15 is 0 Å². The second kappa shape index (κ2) is 10.7. The summed E-state index contributed by atoms with van der Waals surface area (Å²) >= 11 is 0. The van der Waals surface area contributed by atoms with Crippen molar-refractivity contribution in [3.05, 3.63) is 53.3 Å². The number of aromatic carboxylic acids is 1. The van der Waals surface area contributed by atoms with Gasteiger partial charge in [-0.1, -0.05) is 12.1 Å². The standard InChI is InChI=1S/C21H22N4O4S.C2HF3O2/c1-30(28,29)15-5-2-4-13(10-15)18-11-17-14(12-23-18)6-7-16-19(17)24-25(9-3-8-22)20(16)21(26)27;3-2(4,5)1(6)7/h2,4-5,10-12H,3,6-9,22H2,1H3,(H,26,27);(H,6,7). The third kappa shape index (κ3) is 6.32. The first-order chi connectivity index (χ1) is 17.2. The van der Waals surface area contributed by atoms with Crippen molar-refractivity contribution in [2.45, 2.75) is 36.9 Å². The Morgan fingerprint density at radius 2 is 1.84 bits per heavy atom. The minimum atomic E-state index is -5.08. The van der Waals surface area contributed by atoms with Crippen LogP contribution in [0.3, 0.4) is 0 Å². The fraction of sp³-hybridized carbons (Fsp3) is 0.304. The van der Waals surface area contributed by atoms with Gasteiger partial charge in [0.25, 0.3) is 0 Å². The molecule has 2 aromatic heterocycles. The van der Waals surface area contributed by atoms with Gasteiger partial charge in [0, 0.05) is 35.7 Å². The van der Waals surface area contributed by atoms with Crippen LogP contribution in [0.1, 0.15) is 28.0 Å². The molecule has 0 radical (unpaired) electrons. The highest BCUT2D eigenvalue weighted by atomic mass is 32.2. The predicted molar refractivity (Wildman–Crippen MR) is 126 cm³/mol. The average Bonchev–Trinajstić information content (AvgIpc) is 3.21. The van der Waals surface area contributed by atoms with Crippen molar-refractivity contribution >= 4 is 21.8 Å². The van der Waals surface area contributed by atoms with E-state index in [1.165, 1.54) is 10.9 Å². The summed E-state index contributed by atoms with van der Waals surface area (Å²) in [6, 6.07) is 8.49. The smallest absolute Gasteiger partial charge is 0.477 e. The van der Waals surface area contributed by atoms with E-state index in [4.69, 9.17) is 15.6 Å². The number of aryl methyl sites for hydroxylation is 2. The molecule has 0 bridgehead atoms. The quantitative estimate of drug-likeness (QED) is 0.426. The number of carboxylic acids is 2. The van der Waals surface area contributed by atoms with Gasteiger partial charge in [-0.3, -0.25) is 9.67 Å². The minimum Gasteiger partial charge on any atom is -0.477 e. The molecule has 14 heteroatoms. The summed E-state index contributed by atoms with van der Waals surface area (Å²) in [6.07, 6.45) is -0.271. The topological polar surface area (TPSA) is 165 Å². The number of nitrogens with zero attached hydrogens (tertiary/aromatic N) is 3. The van der Waals surface area contributed by atoms with Gasteiger partial charge in [-0.25, -0.2) is 18.0 Å². The number of rotatable bonds is 6. The van der Waals surface area contributed by atoms with Gasteiger partial charge in [0.1, 0.15) is 5.69 Å². The summed E-state index contributed by atoms with van der Waals surface area (Å²) in [4.78, 5) is 25.5. The predicted octanol–water partition coefficient (Wildman–Crippen LogP) is 2.79. The van der Waals surface area contributed by atoms with Crippen LogP contribution in [0.15, 0.2) is 41.4 Å². The van der Waals surface area contributed by atoms with Crippen molar-refractivity contribution in [2.75, 3.05) is 12.8 Å². The molecule has 2 heterocycles. The lowest BCUT2D eigenvalue weighted by atomic mass is 9.89. The van der Waals surface area contributed by atoms with Crippen LogP contribution < -0.4 is 5.73 Å². The number of halogens is 3. The summed E-state index contributed by atoms with van der Waals surface area (Å²) < 4.78 is 57.1. The molecule has 0 unspecified atom stereocenters. The van der Waals surface area contributed by atoms with E-state index in [2.05, 4.69) is 10.1 Å². The highest BCUT2D eigenvalue weighted by molar-refractivity contribution is 7.90. The Kier molecular flexibility index (Phi) is 8.03. The first kappa shape index (κ1) is 27.8. The van der Waals surface area contributed by atoms with Gasteiger partial charge >= 0.3 is 18.1 Å². The maximum atomic E-state index is 11.9. The number of hydrogen-bond donors (Lipinski definition) is 3. The SMILES string of the molecule is CS(=O)(=O)c1cccc(-c2cc3c(cn2)CCc2c-3nn(CCCN)c2C(=O)O)c1.O=C(O)C(F)(F)F. The van der Waals surface area contributed by atoms with Gasteiger partial charge in [0.2, 0.25) is 0 Å². The second-order valence-corrected chi connectivity index (χ2v) is 10.2. The fourth-order valence-corrected chi connectivity index (χ4v) is 4.47. The molecule has 0 aliphatic heterocycles. The van der Waals surface area contributed by atoms with E-state index in [1.54, 1.807) is 30.5 Å². The Morgan fingerprint density at radius 3 is 2.41 bits per heavy atom. The molecule has 4 rings (SSSR count). The van der Waals surface area contributed by atoms with E-state index in [9.17, 15) is 31.5 Å². The highest BCUT2D eigenvalue weighted by Crippen LogP contribution is 2.36. The monoisotopic (exact) mass is 540 g/mol. The van der Waals surface area contributed by atoms with E-state index in [0.29, 0.717) is 54.9 Å². The molecule has 0 atom stereocenters. The summed E-state index contributed by atoms with van der Waals surface area (Å²) in [5.74, 6) is -3.76. The Morgan fingerprint density at radius 1 is 1.16 bits per heavy atom. The number of carboxylic acid groups (broad SMARTS) is 2. The zero-order valence-corrected chi connectivity index (χ0v) is 20.3. The molecule has 0 amide bonds. The van der Waals surface area contributed by atoms with Crippen LogP contribution in [0.2, 0.25) is 0 Å². The molecular formula is C23H23F3N4O6S. The maximum absolute atomic E-state index is 11.9. The number of carbonyl (C=O) groups is 2. The van der Waals surface area contributed by atoms with Crippen LogP contribution in [0.5, 0.6) is 0 Å². The average molecular weight is 541 g/mol. The molecule has 10 nitrogen and oxygen atoms in total. The maximum Gasteiger partial charge on any atom is 0.490 e. The van der Waals surface area contributed by atoms with E-state index in [-0.39, 0.29) is 10.6 Å². The Bertz CT molecular complexity index is 1450. The van der Waals surface area contributed by atoms with E-state index < -0.39 is 28.0 Å². The molecule has 4 N–H and O–H groups in total. The Labute approximate surface area is 209 Å². The lowest BCUT2D eigenvalue weighted by Crippen LogP contribution is -2.21. The lowest BCUT2D eigenvalue weighted by Gasteiger charge is -2.16. The largest absolute Gasteiger partial charge is 0.490 e. The molecule has 1 aliphatic rings. The van der Waals surface area contributed by atoms with Crippen molar-refractivity contribution in [1.82, 2.24) is 14.8 Å². The van der Waals surface area contributed by atoms with Crippen LogP contribution in [-0.4, -0.2) is 64.3 Å². The molecule has 0 saturated carbocycles. The fourth-order valence-electron chi connectivity index (χ4n) is 3.80. The molecule has 37 heavy (non-hydrogen) atoms. The summed E-state index contributed by atoms with van der Waals surface area (Å²) in [7, 11) is -3.34. The van der Waals surface area contributed by atoms with Gasteiger partial charge in [-0.15, -0.1) is 0 Å². The Balaban J connectivity index is 0.000000479. The van der Waals surface area contributed by atoms with Crippen molar-refractivity contribution in [2.24, 2.45) is 5.73 Å². The highest BCUT2D eigenvalue weighted by Gasteiger charge is 2.38. The minimum absolute atomic E-state index is 0.210. The van der Waals surface area contributed by atoms with Crippen molar-refractivity contribution in [3.63, 3.8) is 0 Å². The molecule has 1 aromatic carbocycles. The number of hydrogen-bond acceptors (Lipinski definition) is 7. The molecular weight excluding hydrogens is 517 g/mol. The van der Waals surface area contributed by atoms with Crippen molar-refractivity contribution in [3.8, 4) is 22.5 Å². The van der Waals surface area contributed by atoms with Crippen LogP contribution in [0.25, 0.3) is 22.5 Å². The number of nitrogens with two attached hydrogens (primary N) is 1. The second-order valence-electron chi connectivity index (χ2n) is 8.18. The molecule has 0 saturated heterocycles. The third-order valence-electron chi connectivity index (χ3n) is 5.51. The van der Waals surface area contributed by atoms with Gasteiger partial charge in [-0.05, 0) is 49.6 Å². The lowest BCUT2D eigenvalue weighted by molar-refractivity contribution is -0.192. The van der Waals surface area contributed by atoms with Crippen LogP contribution in [-0.2, 0) is 34.0 Å². The molecule has 3 aromatic rings. The summed E-state index contributed by atoms with van der Waals surface area (Å²) in [5, 5.41) is 21.5. The summed E-state index contributed by atoms with van der Waals surface area (Å²) in [5.41, 5.74) is 10.3. The molecule has 0 fully saturated rings. The number of pyridine rings is 1. The zero-order chi connectivity index (χ0) is 27.5. The van der Waals surface area contributed by atoms with Crippen LogP contribution >= 0.6 is 0 Å². The first-order valence-corrected chi connectivity index (χ1v) is 12.8. The van der Waals surface area contributed by atoms with Gasteiger partial charge in [-0.2, -0.15) is 18.3 Å². The zero-order valence-electron chi connectivity index (χ0n) is 19.5. The number of alkyl halides is 3. The van der Waals surface area contributed by atoms with Crippen molar-refractivity contribution in [1.29, 1.82) is 0 Å². The first-order valence-electron chi connectivity index (χ1n) is 10.9. The van der Waals surface area contributed by atoms with Crippen molar-refractivity contribution < 1.29 is 41.4 Å².